The third kappa shape index (κ3) is 4.58. The lowest BCUT2D eigenvalue weighted by atomic mass is 9.95. The molecule has 2 amide bonds. The third-order valence-electron chi connectivity index (χ3n) is 6.56. The zero-order valence-corrected chi connectivity index (χ0v) is 19.2. The Bertz CT molecular complexity index is 981. The molecule has 2 aromatic carbocycles. The Morgan fingerprint density at radius 2 is 1.69 bits per heavy atom. The van der Waals surface area contributed by atoms with Gasteiger partial charge in [0.15, 0.2) is 0 Å². The van der Waals surface area contributed by atoms with Gasteiger partial charge in [0.05, 0.1) is 13.5 Å². The first-order valence-electron chi connectivity index (χ1n) is 11.2. The van der Waals surface area contributed by atoms with Crippen molar-refractivity contribution in [3.8, 4) is 5.75 Å². The second kappa shape index (κ2) is 9.61. The lowest BCUT2D eigenvalue weighted by Crippen LogP contribution is -2.45. The van der Waals surface area contributed by atoms with E-state index < -0.39 is 0 Å². The van der Waals surface area contributed by atoms with Crippen molar-refractivity contribution >= 4 is 17.5 Å². The molecule has 2 aliphatic rings. The first-order valence-corrected chi connectivity index (χ1v) is 11.2. The molecule has 2 aliphatic heterocycles. The lowest BCUT2D eigenvalue weighted by Gasteiger charge is -2.38. The standard InChI is InChI=1S/C25H32N4O3/c1-26-25(31)19-6-4-18(5-7-19)16-24(30)29-11-10-20-21(17-29)22(8-9-23(20)32-3)28-14-12-27(2)13-15-28/h4-9H,10-17H2,1-3H3,(H,26,31). The second-order valence-corrected chi connectivity index (χ2v) is 8.55. The van der Waals surface area contributed by atoms with Crippen LogP contribution in [0.5, 0.6) is 5.75 Å². The van der Waals surface area contributed by atoms with Gasteiger partial charge in [0.1, 0.15) is 5.75 Å². The van der Waals surface area contributed by atoms with Crippen LogP contribution in [0.1, 0.15) is 27.0 Å². The summed E-state index contributed by atoms with van der Waals surface area (Å²) in [5.74, 6) is 0.895. The second-order valence-electron chi connectivity index (χ2n) is 8.55. The van der Waals surface area contributed by atoms with Gasteiger partial charge in [-0.2, -0.15) is 0 Å². The zero-order chi connectivity index (χ0) is 22.7. The van der Waals surface area contributed by atoms with E-state index in [4.69, 9.17) is 4.74 Å². The van der Waals surface area contributed by atoms with Gasteiger partial charge in [-0.1, -0.05) is 12.1 Å². The number of benzene rings is 2. The molecule has 0 unspecified atom stereocenters. The van der Waals surface area contributed by atoms with Gasteiger partial charge in [0, 0.05) is 68.7 Å². The highest BCUT2D eigenvalue weighted by Crippen LogP contribution is 2.36. The quantitative estimate of drug-likeness (QED) is 0.776. The number of hydrogen-bond acceptors (Lipinski definition) is 5. The number of ether oxygens (including phenoxy) is 1. The number of carbonyl (C=O) groups excluding carboxylic acids is 2. The first-order chi connectivity index (χ1) is 15.5. The summed E-state index contributed by atoms with van der Waals surface area (Å²) in [5.41, 5.74) is 5.17. The highest BCUT2D eigenvalue weighted by atomic mass is 16.5. The molecular weight excluding hydrogens is 404 g/mol. The summed E-state index contributed by atoms with van der Waals surface area (Å²) in [5, 5.41) is 2.62. The number of anilines is 1. The molecule has 0 spiro atoms. The van der Waals surface area contributed by atoms with E-state index in [9.17, 15) is 9.59 Å². The Morgan fingerprint density at radius 1 is 0.969 bits per heavy atom. The van der Waals surface area contributed by atoms with Crippen LogP contribution in [-0.4, -0.2) is 75.5 Å². The summed E-state index contributed by atoms with van der Waals surface area (Å²) in [4.78, 5) is 31.6. The van der Waals surface area contributed by atoms with Gasteiger partial charge in [-0.3, -0.25) is 9.59 Å². The minimum Gasteiger partial charge on any atom is -0.496 e. The predicted octanol–water partition coefficient (Wildman–Crippen LogP) is 1.93. The molecule has 0 saturated carbocycles. The van der Waals surface area contributed by atoms with Crippen molar-refractivity contribution in [3.63, 3.8) is 0 Å². The van der Waals surface area contributed by atoms with Gasteiger partial charge in [-0.15, -0.1) is 0 Å². The van der Waals surface area contributed by atoms with Crippen molar-refractivity contribution in [3.05, 3.63) is 58.7 Å². The van der Waals surface area contributed by atoms with Crippen LogP contribution < -0.4 is 15.0 Å². The molecule has 7 nitrogen and oxygen atoms in total. The first kappa shape index (κ1) is 22.1. The van der Waals surface area contributed by atoms with Crippen LogP contribution in [0.4, 0.5) is 5.69 Å². The van der Waals surface area contributed by atoms with Crippen molar-refractivity contribution in [2.45, 2.75) is 19.4 Å². The van der Waals surface area contributed by atoms with E-state index in [-0.39, 0.29) is 11.8 Å². The number of nitrogens with zero attached hydrogens (tertiary/aromatic N) is 3. The molecule has 0 atom stereocenters. The molecule has 7 heteroatoms. The van der Waals surface area contributed by atoms with Crippen LogP contribution in [0.25, 0.3) is 0 Å². The van der Waals surface area contributed by atoms with E-state index in [0.29, 0.717) is 25.1 Å². The molecule has 4 rings (SSSR count). The van der Waals surface area contributed by atoms with Gasteiger partial charge in [0.2, 0.25) is 5.91 Å². The van der Waals surface area contributed by atoms with Crippen molar-refractivity contribution < 1.29 is 14.3 Å². The predicted molar refractivity (Wildman–Crippen MR) is 125 cm³/mol. The third-order valence-corrected chi connectivity index (χ3v) is 6.56. The monoisotopic (exact) mass is 436 g/mol. The van der Waals surface area contributed by atoms with Crippen molar-refractivity contribution in [1.82, 2.24) is 15.1 Å². The van der Waals surface area contributed by atoms with Crippen LogP contribution in [0.15, 0.2) is 36.4 Å². The Balaban J connectivity index is 1.51. The van der Waals surface area contributed by atoms with E-state index in [1.54, 1.807) is 26.3 Å². The Hall–Kier alpha value is -3.06. The van der Waals surface area contributed by atoms with Gasteiger partial charge in [-0.05, 0) is 43.3 Å². The van der Waals surface area contributed by atoms with E-state index in [1.165, 1.54) is 16.8 Å². The molecule has 1 fully saturated rings. The number of likely N-dealkylation sites (N-methyl/N-ethyl adjacent to an activating group) is 1. The van der Waals surface area contributed by atoms with Crippen molar-refractivity contribution in [1.29, 1.82) is 0 Å². The summed E-state index contributed by atoms with van der Waals surface area (Å²) in [6, 6.07) is 11.5. The Morgan fingerprint density at radius 3 is 2.34 bits per heavy atom. The fourth-order valence-electron chi connectivity index (χ4n) is 4.58. The average molecular weight is 437 g/mol. The van der Waals surface area contributed by atoms with Crippen LogP contribution in [0.3, 0.4) is 0 Å². The molecule has 1 N–H and O–H groups in total. The molecule has 1 saturated heterocycles. The molecule has 170 valence electrons. The molecule has 2 heterocycles. The fraction of sp³-hybridized carbons (Fsp3) is 0.440. The number of fused-ring (bicyclic) bond motifs is 1. The maximum Gasteiger partial charge on any atom is 0.251 e. The largest absolute Gasteiger partial charge is 0.496 e. The number of nitrogens with one attached hydrogen (secondary N) is 1. The maximum absolute atomic E-state index is 13.1. The number of methoxy groups -OCH3 is 1. The molecule has 0 bridgehead atoms. The lowest BCUT2D eigenvalue weighted by molar-refractivity contribution is -0.131. The van der Waals surface area contributed by atoms with Gasteiger partial charge >= 0.3 is 0 Å². The van der Waals surface area contributed by atoms with Crippen LogP contribution in [0, 0.1) is 0 Å². The number of carbonyl (C=O) groups is 2. The highest BCUT2D eigenvalue weighted by Gasteiger charge is 2.28. The number of amides is 2. The van der Waals surface area contributed by atoms with Crippen LogP contribution in [-0.2, 0) is 24.2 Å². The Labute approximate surface area is 189 Å². The minimum absolute atomic E-state index is 0.107. The van der Waals surface area contributed by atoms with Gasteiger partial charge in [0.25, 0.3) is 5.91 Å². The van der Waals surface area contributed by atoms with Gasteiger partial charge in [-0.25, -0.2) is 0 Å². The number of rotatable bonds is 5. The number of hydrogen-bond donors (Lipinski definition) is 1. The molecule has 32 heavy (non-hydrogen) atoms. The summed E-state index contributed by atoms with van der Waals surface area (Å²) >= 11 is 0. The van der Waals surface area contributed by atoms with Crippen LogP contribution >= 0.6 is 0 Å². The molecule has 2 aromatic rings. The highest BCUT2D eigenvalue weighted by molar-refractivity contribution is 5.94. The normalized spacial score (nSPS) is 16.5. The minimum atomic E-state index is -0.124. The smallest absolute Gasteiger partial charge is 0.251 e. The topological polar surface area (TPSA) is 65.1 Å². The molecule has 0 aliphatic carbocycles. The maximum atomic E-state index is 13.1. The van der Waals surface area contributed by atoms with Crippen LogP contribution in [0.2, 0.25) is 0 Å². The summed E-state index contributed by atoms with van der Waals surface area (Å²) < 4.78 is 5.64. The SMILES string of the molecule is CNC(=O)c1ccc(CC(=O)N2CCc3c(OC)ccc(N4CCN(C)CC4)c3C2)cc1. The van der Waals surface area contributed by atoms with E-state index in [0.717, 1.165) is 43.9 Å². The average Bonchev–Trinajstić information content (AvgIpc) is 2.83. The number of piperazine rings is 1. The molecular formula is C25H32N4O3. The van der Waals surface area contributed by atoms with E-state index in [1.807, 2.05) is 17.0 Å². The fourth-order valence-corrected chi connectivity index (χ4v) is 4.58. The van der Waals surface area contributed by atoms with Crippen molar-refractivity contribution in [2.24, 2.45) is 0 Å². The Kier molecular flexibility index (Phi) is 6.65. The van der Waals surface area contributed by atoms with Crippen molar-refractivity contribution in [2.75, 3.05) is 58.8 Å². The summed E-state index contributed by atoms with van der Waals surface area (Å²) in [6.45, 7) is 5.33. The molecule has 0 aromatic heterocycles. The summed E-state index contributed by atoms with van der Waals surface area (Å²) in [6.07, 6.45) is 1.12. The van der Waals surface area contributed by atoms with Gasteiger partial charge < -0.3 is 24.8 Å². The zero-order valence-electron chi connectivity index (χ0n) is 19.2. The molecule has 0 radical (unpaired) electrons. The summed E-state index contributed by atoms with van der Waals surface area (Å²) in [7, 11) is 5.48. The van der Waals surface area contributed by atoms with E-state index in [2.05, 4.69) is 34.3 Å². The van der Waals surface area contributed by atoms with E-state index >= 15 is 0 Å².